The van der Waals surface area contributed by atoms with Crippen molar-refractivity contribution in [1.29, 1.82) is 0 Å². The predicted molar refractivity (Wildman–Crippen MR) is 112 cm³/mol. The maximum absolute atomic E-state index is 13.2. The highest BCUT2D eigenvalue weighted by molar-refractivity contribution is 7.89. The van der Waals surface area contributed by atoms with E-state index >= 15 is 0 Å². The Morgan fingerprint density at radius 2 is 2.07 bits per heavy atom. The quantitative estimate of drug-likeness (QED) is 0.746. The molecule has 2 aliphatic rings. The second kappa shape index (κ2) is 7.90. The normalized spacial score (nSPS) is 19.0. The molecule has 8 nitrogen and oxygen atoms in total. The van der Waals surface area contributed by atoms with E-state index in [0.717, 1.165) is 5.56 Å². The van der Waals surface area contributed by atoms with Crippen molar-refractivity contribution in [2.24, 2.45) is 0 Å². The lowest BCUT2D eigenvalue weighted by Crippen LogP contribution is -2.43. The van der Waals surface area contributed by atoms with Gasteiger partial charge in [-0.05, 0) is 55.7 Å². The number of hydrogen-bond donors (Lipinski definition) is 2. The van der Waals surface area contributed by atoms with Gasteiger partial charge in [-0.2, -0.15) is 4.31 Å². The number of amides is 2. The van der Waals surface area contributed by atoms with E-state index in [1.165, 1.54) is 22.5 Å². The molecule has 0 radical (unpaired) electrons. The van der Waals surface area contributed by atoms with Gasteiger partial charge < -0.3 is 15.4 Å². The molecule has 0 unspecified atom stereocenters. The van der Waals surface area contributed by atoms with Crippen LogP contribution in [0, 0.1) is 6.92 Å². The molecule has 0 bridgehead atoms. The summed E-state index contributed by atoms with van der Waals surface area (Å²) in [5, 5.41) is 5.87. The van der Waals surface area contributed by atoms with Crippen LogP contribution in [0.5, 0.6) is 5.75 Å². The summed E-state index contributed by atoms with van der Waals surface area (Å²) in [5.74, 6) is -0.363. The van der Waals surface area contributed by atoms with Gasteiger partial charge in [0.05, 0.1) is 10.6 Å². The Bertz CT molecular complexity index is 1140. The third kappa shape index (κ3) is 3.88. The molecule has 2 N–H and O–H groups in total. The van der Waals surface area contributed by atoms with E-state index in [0.29, 0.717) is 35.0 Å². The van der Waals surface area contributed by atoms with Crippen LogP contribution < -0.4 is 15.4 Å². The highest BCUT2D eigenvalue weighted by Gasteiger charge is 2.40. The van der Waals surface area contributed by atoms with Crippen LogP contribution in [0.3, 0.4) is 0 Å². The monoisotopic (exact) mass is 449 g/mol. The number of rotatable bonds is 4. The zero-order valence-electron chi connectivity index (χ0n) is 16.1. The third-order valence-electron chi connectivity index (χ3n) is 5.14. The Morgan fingerprint density at radius 3 is 2.83 bits per heavy atom. The van der Waals surface area contributed by atoms with E-state index in [-0.39, 0.29) is 24.0 Å². The molecule has 0 aromatic heterocycles. The van der Waals surface area contributed by atoms with Crippen molar-refractivity contribution in [3.8, 4) is 5.75 Å². The van der Waals surface area contributed by atoms with Gasteiger partial charge in [-0.25, -0.2) is 8.42 Å². The number of hydrogen-bond acceptors (Lipinski definition) is 5. The molecular weight excluding hydrogens is 430 g/mol. The molecule has 10 heteroatoms. The Morgan fingerprint density at radius 1 is 1.27 bits per heavy atom. The van der Waals surface area contributed by atoms with Gasteiger partial charge >= 0.3 is 0 Å². The van der Waals surface area contributed by atoms with Gasteiger partial charge in [0, 0.05) is 17.3 Å². The lowest BCUT2D eigenvalue weighted by molar-refractivity contribution is -0.119. The molecule has 2 amide bonds. The number of carbonyl (C=O) groups excluding carboxylic acids is 2. The highest BCUT2D eigenvalue weighted by Crippen LogP contribution is 2.33. The third-order valence-corrected chi connectivity index (χ3v) is 7.45. The topological polar surface area (TPSA) is 105 Å². The van der Waals surface area contributed by atoms with E-state index in [1.54, 1.807) is 18.2 Å². The SMILES string of the molecule is Cc1ccc(NC(=O)[C@H]2CCCN2S(=O)(=O)c2ccc3c(c2)NC(=O)CO3)cc1Cl. The Kier molecular flexibility index (Phi) is 5.44. The number of carbonyl (C=O) groups is 2. The molecule has 1 saturated heterocycles. The molecule has 0 saturated carbocycles. The van der Waals surface area contributed by atoms with Gasteiger partial charge in [-0.1, -0.05) is 17.7 Å². The highest BCUT2D eigenvalue weighted by atomic mass is 35.5. The van der Waals surface area contributed by atoms with Crippen molar-refractivity contribution in [3.63, 3.8) is 0 Å². The van der Waals surface area contributed by atoms with Crippen molar-refractivity contribution < 1.29 is 22.7 Å². The minimum Gasteiger partial charge on any atom is -0.482 e. The summed E-state index contributed by atoms with van der Waals surface area (Å²) in [6.45, 7) is 1.97. The largest absolute Gasteiger partial charge is 0.482 e. The van der Waals surface area contributed by atoms with E-state index in [2.05, 4.69) is 10.6 Å². The zero-order chi connectivity index (χ0) is 21.5. The van der Waals surface area contributed by atoms with Crippen LogP contribution in [0.25, 0.3) is 0 Å². The summed E-state index contributed by atoms with van der Waals surface area (Å²) in [6.07, 6.45) is 0.978. The van der Waals surface area contributed by atoms with Crippen LogP contribution in [-0.4, -0.2) is 43.7 Å². The lowest BCUT2D eigenvalue weighted by atomic mass is 10.2. The first-order valence-electron chi connectivity index (χ1n) is 9.41. The fourth-order valence-electron chi connectivity index (χ4n) is 3.54. The summed E-state index contributed by atoms with van der Waals surface area (Å²) in [5.41, 5.74) is 1.68. The number of benzene rings is 2. The second-order valence-corrected chi connectivity index (χ2v) is 9.52. The summed E-state index contributed by atoms with van der Waals surface area (Å²) in [4.78, 5) is 24.4. The van der Waals surface area contributed by atoms with Gasteiger partial charge in [0.2, 0.25) is 15.9 Å². The van der Waals surface area contributed by atoms with Crippen LogP contribution in [0.1, 0.15) is 18.4 Å². The van der Waals surface area contributed by atoms with Crippen LogP contribution >= 0.6 is 11.6 Å². The Hall–Kier alpha value is -2.62. The zero-order valence-corrected chi connectivity index (χ0v) is 17.7. The smallest absolute Gasteiger partial charge is 0.262 e. The van der Waals surface area contributed by atoms with Crippen molar-refractivity contribution in [2.45, 2.75) is 30.7 Å². The molecule has 30 heavy (non-hydrogen) atoms. The van der Waals surface area contributed by atoms with Crippen LogP contribution in [0.2, 0.25) is 5.02 Å². The number of nitrogens with one attached hydrogen (secondary N) is 2. The first-order chi connectivity index (χ1) is 14.3. The summed E-state index contributed by atoms with van der Waals surface area (Å²) in [7, 11) is -3.95. The summed E-state index contributed by atoms with van der Waals surface area (Å²) >= 11 is 6.11. The van der Waals surface area contributed by atoms with Gasteiger partial charge in [0.15, 0.2) is 6.61 Å². The van der Waals surface area contributed by atoms with Crippen LogP contribution in [0.15, 0.2) is 41.3 Å². The van der Waals surface area contributed by atoms with Crippen molar-refractivity contribution >= 4 is 44.8 Å². The average molecular weight is 450 g/mol. The Labute approximate surface area is 179 Å². The number of sulfonamides is 1. The van der Waals surface area contributed by atoms with Gasteiger partial charge in [-0.15, -0.1) is 0 Å². The number of ether oxygens (including phenoxy) is 1. The molecule has 2 heterocycles. The van der Waals surface area contributed by atoms with Crippen LogP contribution in [-0.2, 0) is 19.6 Å². The average Bonchev–Trinajstić information content (AvgIpc) is 3.21. The molecule has 2 aromatic rings. The van der Waals surface area contributed by atoms with Crippen molar-refractivity contribution in [3.05, 3.63) is 47.0 Å². The van der Waals surface area contributed by atoms with E-state index in [1.807, 2.05) is 6.92 Å². The molecule has 0 spiro atoms. The lowest BCUT2D eigenvalue weighted by Gasteiger charge is -2.24. The minimum absolute atomic E-state index is 0.00914. The number of halogens is 1. The van der Waals surface area contributed by atoms with Gasteiger partial charge in [-0.3, -0.25) is 9.59 Å². The first kappa shape index (κ1) is 20.6. The molecule has 4 rings (SSSR count). The molecule has 158 valence electrons. The van der Waals surface area contributed by atoms with Crippen molar-refractivity contribution in [2.75, 3.05) is 23.8 Å². The summed E-state index contributed by atoms with van der Waals surface area (Å²) < 4.78 is 33.0. The molecule has 1 atom stereocenters. The molecule has 1 fully saturated rings. The van der Waals surface area contributed by atoms with Gasteiger partial charge in [0.1, 0.15) is 11.8 Å². The fourth-order valence-corrected chi connectivity index (χ4v) is 5.41. The second-order valence-electron chi connectivity index (χ2n) is 7.22. The minimum atomic E-state index is -3.95. The number of nitrogens with zero attached hydrogens (tertiary/aromatic N) is 1. The number of aryl methyl sites for hydroxylation is 1. The molecule has 2 aliphatic heterocycles. The Balaban J connectivity index is 1.57. The van der Waals surface area contributed by atoms with E-state index in [9.17, 15) is 18.0 Å². The first-order valence-corrected chi connectivity index (χ1v) is 11.2. The molecule has 2 aromatic carbocycles. The fraction of sp³-hybridized carbons (Fsp3) is 0.300. The number of fused-ring (bicyclic) bond motifs is 1. The van der Waals surface area contributed by atoms with Gasteiger partial charge in [0.25, 0.3) is 5.91 Å². The predicted octanol–water partition coefficient (Wildman–Crippen LogP) is 2.77. The maximum Gasteiger partial charge on any atom is 0.262 e. The van der Waals surface area contributed by atoms with Crippen molar-refractivity contribution in [1.82, 2.24) is 4.31 Å². The van der Waals surface area contributed by atoms with E-state index < -0.39 is 22.0 Å². The summed E-state index contributed by atoms with van der Waals surface area (Å²) in [6, 6.07) is 8.57. The van der Waals surface area contributed by atoms with E-state index in [4.69, 9.17) is 16.3 Å². The molecular formula is C20H20ClN3O5S. The molecule has 0 aliphatic carbocycles. The van der Waals surface area contributed by atoms with Crippen LogP contribution in [0.4, 0.5) is 11.4 Å². The maximum atomic E-state index is 13.2. The number of anilines is 2. The standard InChI is InChI=1S/C20H20ClN3O5S/c1-12-4-5-13(9-15(12)21)22-20(26)17-3-2-8-24(17)30(27,28)14-6-7-18-16(10-14)23-19(25)11-29-18/h4-7,9-10,17H,2-3,8,11H2,1H3,(H,22,26)(H,23,25)/t17-/m1/s1.